The Morgan fingerprint density at radius 3 is 2.59 bits per heavy atom. The van der Waals surface area contributed by atoms with E-state index in [1.807, 2.05) is 34.1 Å². The van der Waals surface area contributed by atoms with E-state index in [0.717, 1.165) is 13.0 Å². The van der Waals surface area contributed by atoms with Crippen molar-refractivity contribution in [3.63, 3.8) is 0 Å². The van der Waals surface area contributed by atoms with Crippen LogP contribution in [0.4, 0.5) is 4.79 Å². The van der Waals surface area contributed by atoms with Crippen LogP contribution in [0.15, 0.2) is 10.6 Å². The van der Waals surface area contributed by atoms with E-state index >= 15 is 0 Å². The van der Waals surface area contributed by atoms with Crippen LogP contribution < -0.4 is 5.32 Å². The summed E-state index contributed by atoms with van der Waals surface area (Å²) in [5.74, 6) is 0. The third-order valence-electron chi connectivity index (χ3n) is 2.50. The number of hydrogen-bond donors (Lipinski definition) is 1. The molecular weight excluding hydrogens is 236 g/mol. The molecule has 5 heteroatoms. The lowest BCUT2D eigenvalue weighted by Gasteiger charge is -2.32. The Hall–Kier alpha value is -0.840. The van der Waals surface area contributed by atoms with Gasteiger partial charge >= 0.3 is 6.09 Å². The molecule has 0 fully saturated rings. The highest BCUT2D eigenvalue weighted by atomic mass is 32.2. The third kappa shape index (κ3) is 4.15. The largest absolute Gasteiger partial charge is 0.444 e. The van der Waals surface area contributed by atoms with E-state index < -0.39 is 5.60 Å². The number of carbonyl (C=O) groups is 1. The zero-order valence-electron chi connectivity index (χ0n) is 11.3. The van der Waals surface area contributed by atoms with Crippen LogP contribution in [0.3, 0.4) is 0 Å². The van der Waals surface area contributed by atoms with Crippen LogP contribution in [0.5, 0.6) is 0 Å². The van der Waals surface area contributed by atoms with Crippen molar-refractivity contribution in [1.82, 2.24) is 10.2 Å². The molecule has 0 saturated heterocycles. The molecular formula is C12H22N2O2S. The van der Waals surface area contributed by atoms with Gasteiger partial charge in [-0.2, -0.15) is 0 Å². The van der Waals surface area contributed by atoms with Gasteiger partial charge in [0.15, 0.2) is 0 Å². The molecule has 0 spiro atoms. The van der Waals surface area contributed by atoms with Gasteiger partial charge in [-0.1, -0.05) is 0 Å². The van der Waals surface area contributed by atoms with E-state index in [0.29, 0.717) is 6.54 Å². The zero-order valence-corrected chi connectivity index (χ0v) is 12.1. The molecule has 98 valence electrons. The molecule has 0 aromatic rings. The van der Waals surface area contributed by atoms with Crippen molar-refractivity contribution < 1.29 is 9.53 Å². The summed E-state index contributed by atoms with van der Waals surface area (Å²) in [6.45, 7) is 7.03. The van der Waals surface area contributed by atoms with Gasteiger partial charge in [-0.05, 0) is 27.0 Å². The van der Waals surface area contributed by atoms with Gasteiger partial charge in [0.1, 0.15) is 5.60 Å². The summed E-state index contributed by atoms with van der Waals surface area (Å²) in [6.07, 6.45) is 2.68. The quantitative estimate of drug-likeness (QED) is 0.826. The van der Waals surface area contributed by atoms with E-state index in [1.165, 1.54) is 10.6 Å². The number of thioether (sulfide) groups is 1. The van der Waals surface area contributed by atoms with Gasteiger partial charge in [0.05, 0.1) is 6.54 Å². The molecule has 0 aliphatic carbocycles. The lowest BCUT2D eigenvalue weighted by atomic mass is 10.2. The van der Waals surface area contributed by atoms with Crippen molar-refractivity contribution in [3.05, 3.63) is 10.6 Å². The summed E-state index contributed by atoms with van der Waals surface area (Å²) in [5, 5.41) is 3.19. The second-order valence-electron chi connectivity index (χ2n) is 5.01. The second kappa shape index (κ2) is 5.67. The molecule has 0 unspecified atom stereocenters. The summed E-state index contributed by atoms with van der Waals surface area (Å²) in [6, 6.07) is 0. The average molecular weight is 258 g/mol. The summed E-state index contributed by atoms with van der Waals surface area (Å²) in [7, 11) is 1.93. The summed E-state index contributed by atoms with van der Waals surface area (Å²) >= 11 is 1.69. The van der Waals surface area contributed by atoms with Crippen LogP contribution in [-0.2, 0) is 4.74 Å². The van der Waals surface area contributed by atoms with Crippen molar-refractivity contribution in [2.75, 3.05) is 26.4 Å². The molecule has 17 heavy (non-hydrogen) atoms. The highest BCUT2D eigenvalue weighted by molar-refractivity contribution is 8.02. The normalized spacial score (nSPS) is 17.1. The van der Waals surface area contributed by atoms with E-state index in [4.69, 9.17) is 4.74 Å². The van der Waals surface area contributed by atoms with Gasteiger partial charge < -0.3 is 15.0 Å². The minimum absolute atomic E-state index is 0.223. The van der Waals surface area contributed by atoms with Crippen molar-refractivity contribution >= 4 is 17.9 Å². The smallest absolute Gasteiger partial charge is 0.410 e. The molecule has 1 N–H and O–H groups in total. The van der Waals surface area contributed by atoms with E-state index in [9.17, 15) is 4.79 Å². The first-order valence-corrected chi connectivity index (χ1v) is 7.01. The van der Waals surface area contributed by atoms with Crippen LogP contribution in [-0.4, -0.2) is 43.0 Å². The fourth-order valence-electron chi connectivity index (χ4n) is 1.67. The van der Waals surface area contributed by atoms with Gasteiger partial charge in [-0.15, -0.1) is 11.8 Å². The van der Waals surface area contributed by atoms with Crippen LogP contribution in [0.1, 0.15) is 27.2 Å². The molecule has 1 aliphatic rings. The van der Waals surface area contributed by atoms with Crippen LogP contribution in [0.25, 0.3) is 0 Å². The first-order chi connectivity index (χ1) is 7.87. The maximum Gasteiger partial charge on any atom is 0.410 e. The number of nitrogens with one attached hydrogen (secondary N) is 1. The standard InChI is InChI=1S/C12H22N2O2S/c1-12(2,3)16-11(15)14-7-6-9(13-4)10(8-14)17-5/h13H,6-8H2,1-5H3. The minimum Gasteiger partial charge on any atom is -0.444 e. The lowest BCUT2D eigenvalue weighted by molar-refractivity contribution is 0.0263. The van der Waals surface area contributed by atoms with Gasteiger partial charge in [0.25, 0.3) is 0 Å². The number of carbonyl (C=O) groups excluding carboxylic acids is 1. The summed E-state index contributed by atoms with van der Waals surface area (Å²) in [5.41, 5.74) is 0.807. The monoisotopic (exact) mass is 258 g/mol. The topological polar surface area (TPSA) is 41.6 Å². The van der Waals surface area contributed by atoms with Gasteiger partial charge in [0.2, 0.25) is 0 Å². The molecule has 0 bridgehead atoms. The van der Waals surface area contributed by atoms with Crippen LogP contribution >= 0.6 is 11.8 Å². The molecule has 0 aromatic carbocycles. The number of ether oxygens (including phenoxy) is 1. The minimum atomic E-state index is -0.427. The summed E-state index contributed by atoms with van der Waals surface area (Å²) < 4.78 is 5.37. The molecule has 1 aliphatic heterocycles. The van der Waals surface area contributed by atoms with E-state index in [-0.39, 0.29) is 6.09 Å². The zero-order chi connectivity index (χ0) is 13.1. The van der Waals surface area contributed by atoms with E-state index in [1.54, 1.807) is 16.7 Å². The Kier molecular flexibility index (Phi) is 4.74. The first-order valence-electron chi connectivity index (χ1n) is 5.79. The molecule has 0 radical (unpaired) electrons. The highest BCUT2D eigenvalue weighted by Crippen LogP contribution is 2.24. The molecule has 1 heterocycles. The Morgan fingerprint density at radius 2 is 2.12 bits per heavy atom. The molecule has 0 atom stereocenters. The van der Waals surface area contributed by atoms with Crippen LogP contribution in [0.2, 0.25) is 0 Å². The number of amides is 1. The maximum atomic E-state index is 11.9. The Labute approximate surface area is 108 Å². The molecule has 4 nitrogen and oxygen atoms in total. The Bertz CT molecular complexity index is 321. The van der Waals surface area contributed by atoms with Crippen molar-refractivity contribution in [2.24, 2.45) is 0 Å². The molecule has 0 saturated carbocycles. The number of hydrogen-bond acceptors (Lipinski definition) is 4. The fourth-order valence-corrected chi connectivity index (χ4v) is 2.40. The lowest BCUT2D eigenvalue weighted by Crippen LogP contribution is -2.41. The molecule has 0 aromatic heterocycles. The SMILES string of the molecule is CNC1=C(SC)CN(C(=O)OC(C)(C)C)CC1. The van der Waals surface area contributed by atoms with Gasteiger partial charge in [-0.25, -0.2) is 4.79 Å². The maximum absolute atomic E-state index is 11.9. The number of rotatable bonds is 2. The predicted octanol–water partition coefficient (Wildman–Crippen LogP) is 2.42. The second-order valence-corrected chi connectivity index (χ2v) is 5.91. The average Bonchev–Trinajstić information content (AvgIpc) is 2.25. The van der Waals surface area contributed by atoms with E-state index in [2.05, 4.69) is 5.32 Å². The third-order valence-corrected chi connectivity index (χ3v) is 3.37. The first kappa shape index (κ1) is 14.2. The van der Waals surface area contributed by atoms with Gasteiger partial charge in [-0.3, -0.25) is 0 Å². The van der Waals surface area contributed by atoms with Crippen LogP contribution in [0, 0.1) is 0 Å². The van der Waals surface area contributed by atoms with Crippen molar-refractivity contribution in [1.29, 1.82) is 0 Å². The molecule has 1 amide bonds. The number of nitrogens with zero attached hydrogens (tertiary/aromatic N) is 1. The Morgan fingerprint density at radius 1 is 1.47 bits per heavy atom. The van der Waals surface area contributed by atoms with Crippen molar-refractivity contribution in [2.45, 2.75) is 32.8 Å². The van der Waals surface area contributed by atoms with Crippen molar-refractivity contribution in [3.8, 4) is 0 Å². The molecule has 1 rings (SSSR count). The summed E-state index contributed by atoms with van der Waals surface area (Å²) in [4.78, 5) is 14.9. The van der Waals surface area contributed by atoms with Gasteiger partial charge in [0, 0.05) is 30.6 Å². The fraction of sp³-hybridized carbons (Fsp3) is 0.750. The highest BCUT2D eigenvalue weighted by Gasteiger charge is 2.26. The predicted molar refractivity (Wildman–Crippen MR) is 72.0 cm³/mol. The Balaban J connectivity index is 2.66.